The molecule has 140 valence electrons. The summed E-state index contributed by atoms with van der Waals surface area (Å²) in [4.78, 5) is 20.0. The van der Waals surface area contributed by atoms with Gasteiger partial charge in [0.2, 0.25) is 5.91 Å². The summed E-state index contributed by atoms with van der Waals surface area (Å²) in [6, 6.07) is 20.1. The van der Waals surface area contributed by atoms with E-state index in [0.29, 0.717) is 18.7 Å². The van der Waals surface area contributed by atoms with Crippen LogP contribution < -0.4 is 10.6 Å². The average molecular weight is 370 g/mol. The van der Waals surface area contributed by atoms with Crippen molar-refractivity contribution in [1.82, 2.24) is 9.97 Å². The Bertz CT molecular complexity index is 1080. The molecule has 3 N–H and O–H groups in total. The van der Waals surface area contributed by atoms with Gasteiger partial charge >= 0.3 is 0 Å². The zero-order valence-electron chi connectivity index (χ0n) is 15.7. The number of fused-ring (bicyclic) bond motifs is 1. The second kappa shape index (κ2) is 7.96. The number of benzene rings is 2. The van der Waals surface area contributed by atoms with Gasteiger partial charge in [-0.15, -0.1) is 0 Å². The molecule has 0 aliphatic rings. The number of aryl methyl sites for hydroxylation is 1. The van der Waals surface area contributed by atoms with Crippen molar-refractivity contribution in [2.45, 2.75) is 19.9 Å². The summed E-state index contributed by atoms with van der Waals surface area (Å²) in [7, 11) is 0. The summed E-state index contributed by atoms with van der Waals surface area (Å²) in [5.74, 6) is 0.710. The first-order valence-electron chi connectivity index (χ1n) is 9.28. The van der Waals surface area contributed by atoms with Crippen molar-refractivity contribution in [3.8, 4) is 0 Å². The molecule has 0 fully saturated rings. The van der Waals surface area contributed by atoms with E-state index in [-0.39, 0.29) is 5.91 Å². The molecule has 5 nitrogen and oxygen atoms in total. The monoisotopic (exact) mass is 370 g/mol. The molecule has 0 aliphatic heterocycles. The molecule has 2 aromatic heterocycles. The van der Waals surface area contributed by atoms with Gasteiger partial charge in [-0.05, 0) is 36.2 Å². The highest BCUT2D eigenvalue weighted by Crippen LogP contribution is 2.19. The van der Waals surface area contributed by atoms with Crippen LogP contribution in [0.15, 0.2) is 73.1 Å². The molecule has 0 aliphatic carbocycles. The highest BCUT2D eigenvalue weighted by Gasteiger charge is 2.09. The zero-order valence-corrected chi connectivity index (χ0v) is 15.7. The van der Waals surface area contributed by atoms with Crippen LogP contribution in [0.3, 0.4) is 0 Å². The van der Waals surface area contributed by atoms with E-state index in [4.69, 9.17) is 0 Å². The smallest absolute Gasteiger partial charge is 0.228 e. The first kappa shape index (κ1) is 17.8. The maximum Gasteiger partial charge on any atom is 0.228 e. The van der Waals surface area contributed by atoms with E-state index in [2.05, 4.69) is 51.8 Å². The molecule has 2 aromatic carbocycles. The summed E-state index contributed by atoms with van der Waals surface area (Å²) < 4.78 is 0. The molecular formula is C23H22N4O. The Morgan fingerprint density at radius 2 is 1.86 bits per heavy atom. The third kappa shape index (κ3) is 4.20. The normalized spacial score (nSPS) is 10.8. The van der Waals surface area contributed by atoms with Crippen LogP contribution in [0.1, 0.15) is 16.7 Å². The van der Waals surface area contributed by atoms with Crippen LogP contribution in [-0.2, 0) is 17.8 Å². The van der Waals surface area contributed by atoms with E-state index < -0.39 is 0 Å². The minimum absolute atomic E-state index is 0.0630. The van der Waals surface area contributed by atoms with E-state index >= 15 is 0 Å². The number of aromatic amines is 1. The topological polar surface area (TPSA) is 69.8 Å². The van der Waals surface area contributed by atoms with Gasteiger partial charge in [-0.3, -0.25) is 4.79 Å². The van der Waals surface area contributed by atoms with Crippen LogP contribution in [0.5, 0.6) is 0 Å². The van der Waals surface area contributed by atoms with Gasteiger partial charge in [0.1, 0.15) is 5.82 Å². The Hall–Kier alpha value is -3.60. The second-order valence-corrected chi connectivity index (χ2v) is 6.86. The maximum absolute atomic E-state index is 12.4. The number of hydrogen-bond acceptors (Lipinski definition) is 3. The van der Waals surface area contributed by atoms with Gasteiger partial charge in [-0.1, -0.05) is 48.0 Å². The lowest BCUT2D eigenvalue weighted by Crippen LogP contribution is -2.14. The summed E-state index contributed by atoms with van der Waals surface area (Å²) in [5.41, 5.74) is 5.15. The molecule has 0 radical (unpaired) electrons. The van der Waals surface area contributed by atoms with Crippen LogP contribution in [0, 0.1) is 6.92 Å². The summed E-state index contributed by atoms with van der Waals surface area (Å²) >= 11 is 0. The van der Waals surface area contributed by atoms with Gasteiger partial charge in [0.25, 0.3) is 0 Å². The van der Waals surface area contributed by atoms with Crippen LogP contribution in [-0.4, -0.2) is 15.9 Å². The summed E-state index contributed by atoms with van der Waals surface area (Å²) in [6.45, 7) is 2.78. The predicted molar refractivity (Wildman–Crippen MR) is 113 cm³/mol. The Labute approximate surface area is 163 Å². The van der Waals surface area contributed by atoms with Crippen LogP contribution in [0.25, 0.3) is 10.9 Å². The number of aromatic nitrogens is 2. The molecule has 0 saturated heterocycles. The Morgan fingerprint density at radius 3 is 2.64 bits per heavy atom. The lowest BCUT2D eigenvalue weighted by atomic mass is 10.1. The predicted octanol–water partition coefficient (Wildman–Crippen LogP) is 4.66. The van der Waals surface area contributed by atoms with Gasteiger partial charge in [-0.2, -0.15) is 0 Å². The quantitative estimate of drug-likeness (QED) is 0.462. The summed E-state index contributed by atoms with van der Waals surface area (Å²) in [5, 5.41) is 7.27. The van der Waals surface area contributed by atoms with Crippen molar-refractivity contribution in [3.63, 3.8) is 0 Å². The number of para-hydroxylation sites is 1. The highest BCUT2D eigenvalue weighted by atomic mass is 16.1. The maximum atomic E-state index is 12.4. The Morgan fingerprint density at radius 1 is 1.04 bits per heavy atom. The van der Waals surface area contributed by atoms with Crippen molar-refractivity contribution < 1.29 is 4.79 Å². The number of hydrogen-bond donors (Lipinski definition) is 3. The Kier molecular flexibility index (Phi) is 5.06. The number of anilines is 2. The van der Waals surface area contributed by atoms with Gasteiger partial charge in [0.15, 0.2) is 0 Å². The van der Waals surface area contributed by atoms with Gasteiger partial charge in [0.05, 0.1) is 18.3 Å². The number of carbonyl (C=O) groups excluding carboxylic acids is 1. The molecule has 1 amide bonds. The fourth-order valence-corrected chi connectivity index (χ4v) is 3.13. The van der Waals surface area contributed by atoms with Crippen molar-refractivity contribution >= 4 is 28.3 Å². The van der Waals surface area contributed by atoms with Crippen LogP contribution >= 0.6 is 0 Å². The number of H-pyrrole nitrogens is 1. The first-order valence-corrected chi connectivity index (χ1v) is 9.28. The fraction of sp³-hybridized carbons (Fsp3) is 0.130. The van der Waals surface area contributed by atoms with E-state index in [1.165, 1.54) is 11.1 Å². The molecule has 5 heteroatoms. The molecule has 28 heavy (non-hydrogen) atoms. The fourth-order valence-electron chi connectivity index (χ4n) is 3.13. The molecular weight excluding hydrogens is 348 g/mol. The van der Waals surface area contributed by atoms with Crippen molar-refractivity contribution in [3.05, 3.63) is 89.7 Å². The minimum atomic E-state index is -0.0630. The van der Waals surface area contributed by atoms with E-state index in [1.807, 2.05) is 42.6 Å². The molecule has 4 aromatic rings. The molecule has 0 atom stereocenters. The van der Waals surface area contributed by atoms with Crippen molar-refractivity contribution in [2.75, 3.05) is 10.6 Å². The highest BCUT2D eigenvalue weighted by molar-refractivity contribution is 5.95. The molecule has 0 bridgehead atoms. The lowest BCUT2D eigenvalue weighted by Gasteiger charge is -2.08. The SMILES string of the molecule is Cc1ccc(CNc2ccc(NC(=O)Cc3c[nH]c4ccccc34)cn2)cc1. The van der Waals surface area contributed by atoms with Crippen LogP contribution in [0.2, 0.25) is 0 Å². The molecule has 4 rings (SSSR count). The number of rotatable bonds is 6. The average Bonchev–Trinajstić information content (AvgIpc) is 3.11. The van der Waals surface area contributed by atoms with Gasteiger partial charge < -0.3 is 15.6 Å². The second-order valence-electron chi connectivity index (χ2n) is 6.86. The van der Waals surface area contributed by atoms with Crippen molar-refractivity contribution in [2.24, 2.45) is 0 Å². The lowest BCUT2D eigenvalue weighted by molar-refractivity contribution is -0.115. The third-order valence-corrected chi connectivity index (χ3v) is 4.67. The van der Waals surface area contributed by atoms with Crippen molar-refractivity contribution in [1.29, 1.82) is 0 Å². The zero-order chi connectivity index (χ0) is 19.3. The number of pyridine rings is 1. The Balaban J connectivity index is 1.33. The molecule has 2 heterocycles. The molecule has 0 spiro atoms. The van der Waals surface area contributed by atoms with E-state index in [0.717, 1.165) is 22.3 Å². The van der Waals surface area contributed by atoms with Crippen LogP contribution in [0.4, 0.5) is 11.5 Å². The van der Waals surface area contributed by atoms with Gasteiger partial charge in [-0.25, -0.2) is 4.98 Å². The number of carbonyl (C=O) groups is 1. The molecule has 0 unspecified atom stereocenters. The minimum Gasteiger partial charge on any atom is -0.366 e. The summed E-state index contributed by atoms with van der Waals surface area (Å²) in [6.07, 6.45) is 3.88. The molecule has 0 saturated carbocycles. The largest absolute Gasteiger partial charge is 0.366 e. The first-order chi connectivity index (χ1) is 13.7. The van der Waals surface area contributed by atoms with E-state index in [1.54, 1.807) is 6.20 Å². The van der Waals surface area contributed by atoms with Gasteiger partial charge in [0, 0.05) is 23.6 Å². The number of nitrogens with zero attached hydrogens (tertiary/aromatic N) is 1. The number of amides is 1. The number of nitrogens with one attached hydrogen (secondary N) is 3. The third-order valence-electron chi connectivity index (χ3n) is 4.67. The standard InChI is InChI=1S/C23H22N4O/c1-16-6-8-17(9-7-16)13-25-22-11-10-19(15-26-22)27-23(28)12-18-14-24-21-5-3-2-4-20(18)21/h2-11,14-15,24H,12-13H2,1H3,(H,25,26)(H,27,28). The van der Waals surface area contributed by atoms with E-state index in [9.17, 15) is 4.79 Å².